The first-order chi connectivity index (χ1) is 9.18. The number of nitrogens with two attached hydrogens (primary N) is 1. The molecule has 1 amide bonds. The van der Waals surface area contributed by atoms with Crippen LogP contribution in [0.2, 0.25) is 0 Å². The maximum Gasteiger partial charge on any atom is 0.272 e. The Labute approximate surface area is 114 Å². The molecule has 1 fully saturated rings. The highest BCUT2D eigenvalue weighted by molar-refractivity contribution is 5.96. The van der Waals surface area contributed by atoms with Crippen LogP contribution in [0.3, 0.4) is 0 Å². The molecule has 0 unspecified atom stereocenters. The molecular formula is C14H22N4O. The van der Waals surface area contributed by atoms with Gasteiger partial charge in [0.2, 0.25) is 0 Å². The summed E-state index contributed by atoms with van der Waals surface area (Å²) in [6.07, 6.45) is 6.78. The molecule has 2 rings (SSSR count). The van der Waals surface area contributed by atoms with Gasteiger partial charge < -0.3 is 16.0 Å². The highest BCUT2D eigenvalue weighted by Crippen LogP contribution is 2.21. The monoisotopic (exact) mass is 262 g/mol. The van der Waals surface area contributed by atoms with E-state index < -0.39 is 0 Å². The zero-order valence-electron chi connectivity index (χ0n) is 11.4. The number of aromatic nitrogens is 1. The molecule has 104 valence electrons. The van der Waals surface area contributed by atoms with Crippen LogP contribution in [0.4, 0.5) is 5.69 Å². The summed E-state index contributed by atoms with van der Waals surface area (Å²) < 4.78 is 0. The number of rotatable bonds is 5. The van der Waals surface area contributed by atoms with E-state index in [4.69, 9.17) is 5.73 Å². The third-order valence-corrected chi connectivity index (χ3v) is 3.75. The largest absolute Gasteiger partial charge is 0.397 e. The zero-order chi connectivity index (χ0) is 13.7. The van der Waals surface area contributed by atoms with Crippen LogP contribution in [-0.4, -0.2) is 42.0 Å². The lowest BCUT2D eigenvalue weighted by molar-refractivity contribution is 0.0943. The van der Waals surface area contributed by atoms with Crippen molar-refractivity contribution in [3.63, 3.8) is 0 Å². The van der Waals surface area contributed by atoms with Gasteiger partial charge in [-0.25, -0.2) is 4.98 Å². The van der Waals surface area contributed by atoms with Gasteiger partial charge in [-0.3, -0.25) is 4.79 Å². The Morgan fingerprint density at radius 2 is 2.26 bits per heavy atom. The van der Waals surface area contributed by atoms with Gasteiger partial charge in [0, 0.05) is 25.3 Å². The number of nitrogens with zero attached hydrogens (tertiary/aromatic N) is 2. The quantitative estimate of drug-likeness (QED) is 0.838. The first kappa shape index (κ1) is 13.8. The molecule has 1 aliphatic rings. The van der Waals surface area contributed by atoms with Crippen LogP contribution in [-0.2, 0) is 0 Å². The Balaban J connectivity index is 1.76. The van der Waals surface area contributed by atoms with Crippen LogP contribution in [0, 0.1) is 0 Å². The van der Waals surface area contributed by atoms with Crippen molar-refractivity contribution < 1.29 is 4.79 Å². The highest BCUT2D eigenvalue weighted by Gasteiger charge is 2.19. The number of hydrogen-bond acceptors (Lipinski definition) is 4. The van der Waals surface area contributed by atoms with Gasteiger partial charge in [0.05, 0.1) is 5.69 Å². The van der Waals surface area contributed by atoms with E-state index in [9.17, 15) is 4.79 Å². The number of nitrogens with one attached hydrogen (secondary N) is 1. The first-order valence-electron chi connectivity index (χ1n) is 6.87. The SMILES string of the molecule is CN(CCNC(=O)c1ncccc1N)C1CCCC1. The van der Waals surface area contributed by atoms with Crippen molar-refractivity contribution >= 4 is 11.6 Å². The van der Waals surface area contributed by atoms with E-state index >= 15 is 0 Å². The molecule has 0 aromatic carbocycles. The molecule has 0 atom stereocenters. The Morgan fingerprint density at radius 3 is 2.95 bits per heavy atom. The molecule has 1 saturated carbocycles. The lowest BCUT2D eigenvalue weighted by atomic mass is 10.2. The average Bonchev–Trinajstić information content (AvgIpc) is 2.93. The molecule has 0 aliphatic heterocycles. The second-order valence-electron chi connectivity index (χ2n) is 5.12. The maximum atomic E-state index is 11.9. The van der Waals surface area contributed by atoms with Gasteiger partial charge in [0.15, 0.2) is 5.69 Å². The van der Waals surface area contributed by atoms with Gasteiger partial charge >= 0.3 is 0 Å². The predicted molar refractivity (Wildman–Crippen MR) is 75.9 cm³/mol. The first-order valence-corrected chi connectivity index (χ1v) is 6.87. The Kier molecular flexibility index (Phi) is 4.74. The molecule has 1 aliphatic carbocycles. The second kappa shape index (κ2) is 6.52. The summed E-state index contributed by atoms with van der Waals surface area (Å²) in [4.78, 5) is 18.2. The normalized spacial score (nSPS) is 15.9. The van der Waals surface area contributed by atoms with Gasteiger partial charge in [-0.15, -0.1) is 0 Å². The van der Waals surface area contributed by atoms with Gasteiger partial charge in [0.25, 0.3) is 5.91 Å². The smallest absolute Gasteiger partial charge is 0.272 e. The van der Waals surface area contributed by atoms with Crippen molar-refractivity contribution in [2.75, 3.05) is 25.9 Å². The van der Waals surface area contributed by atoms with Gasteiger partial charge in [-0.1, -0.05) is 12.8 Å². The predicted octanol–water partition coefficient (Wildman–Crippen LogP) is 1.27. The summed E-state index contributed by atoms with van der Waals surface area (Å²) in [7, 11) is 2.12. The summed E-state index contributed by atoms with van der Waals surface area (Å²) in [5, 5.41) is 2.87. The number of carbonyl (C=O) groups is 1. The molecule has 5 heteroatoms. The van der Waals surface area contributed by atoms with Gasteiger partial charge in [0.1, 0.15) is 0 Å². The van der Waals surface area contributed by atoms with Crippen molar-refractivity contribution in [3.8, 4) is 0 Å². The van der Waals surface area contributed by atoms with Crippen molar-refractivity contribution in [1.29, 1.82) is 0 Å². The minimum Gasteiger partial charge on any atom is -0.397 e. The number of anilines is 1. The lowest BCUT2D eigenvalue weighted by Gasteiger charge is -2.23. The number of amides is 1. The molecule has 1 heterocycles. The summed E-state index contributed by atoms with van der Waals surface area (Å²) in [6.45, 7) is 1.49. The van der Waals surface area contributed by atoms with Gasteiger partial charge in [-0.05, 0) is 32.0 Å². The third kappa shape index (κ3) is 3.67. The fourth-order valence-corrected chi connectivity index (χ4v) is 2.56. The van der Waals surface area contributed by atoms with Crippen LogP contribution >= 0.6 is 0 Å². The molecule has 0 spiro atoms. The molecule has 1 aromatic heterocycles. The fraction of sp³-hybridized carbons (Fsp3) is 0.571. The van der Waals surface area contributed by atoms with Crippen LogP contribution < -0.4 is 11.1 Å². The minimum absolute atomic E-state index is 0.196. The molecule has 19 heavy (non-hydrogen) atoms. The Morgan fingerprint density at radius 1 is 1.53 bits per heavy atom. The van der Waals surface area contributed by atoms with E-state index in [0.29, 0.717) is 24.0 Å². The van der Waals surface area contributed by atoms with E-state index in [1.54, 1.807) is 18.3 Å². The average molecular weight is 262 g/mol. The second-order valence-corrected chi connectivity index (χ2v) is 5.12. The van der Waals surface area contributed by atoms with Crippen molar-refractivity contribution in [2.45, 2.75) is 31.7 Å². The van der Waals surface area contributed by atoms with Crippen molar-refractivity contribution in [1.82, 2.24) is 15.2 Å². The summed E-state index contributed by atoms with van der Waals surface area (Å²) >= 11 is 0. The van der Waals surface area contributed by atoms with Crippen LogP contribution in [0.1, 0.15) is 36.2 Å². The number of carbonyl (C=O) groups excluding carboxylic acids is 1. The van der Waals surface area contributed by atoms with E-state index in [0.717, 1.165) is 6.54 Å². The zero-order valence-corrected chi connectivity index (χ0v) is 11.4. The minimum atomic E-state index is -0.196. The van der Waals surface area contributed by atoms with E-state index in [1.807, 2.05) is 0 Å². The number of likely N-dealkylation sites (N-methyl/N-ethyl adjacent to an activating group) is 1. The van der Waals surface area contributed by atoms with Crippen molar-refractivity contribution in [3.05, 3.63) is 24.0 Å². The van der Waals surface area contributed by atoms with Gasteiger partial charge in [-0.2, -0.15) is 0 Å². The number of nitrogen functional groups attached to an aromatic ring is 1. The summed E-state index contributed by atoms with van der Waals surface area (Å²) in [5.41, 5.74) is 6.45. The summed E-state index contributed by atoms with van der Waals surface area (Å²) in [6, 6.07) is 4.09. The van der Waals surface area contributed by atoms with Crippen LogP contribution in [0.15, 0.2) is 18.3 Å². The molecule has 0 radical (unpaired) electrons. The molecule has 1 aromatic rings. The molecule has 0 saturated heterocycles. The lowest BCUT2D eigenvalue weighted by Crippen LogP contribution is -2.37. The fourth-order valence-electron chi connectivity index (χ4n) is 2.56. The number of hydrogen-bond donors (Lipinski definition) is 2. The molecule has 0 bridgehead atoms. The number of pyridine rings is 1. The van der Waals surface area contributed by atoms with Crippen LogP contribution in [0.5, 0.6) is 0 Å². The Hall–Kier alpha value is -1.62. The van der Waals surface area contributed by atoms with E-state index in [-0.39, 0.29) is 5.91 Å². The summed E-state index contributed by atoms with van der Waals surface area (Å²) in [5.74, 6) is -0.196. The van der Waals surface area contributed by atoms with Crippen LogP contribution in [0.25, 0.3) is 0 Å². The standard InChI is InChI=1S/C14H22N4O/c1-18(11-5-2-3-6-11)10-9-17-14(19)13-12(15)7-4-8-16-13/h4,7-8,11H,2-3,5-6,9-10,15H2,1H3,(H,17,19). The third-order valence-electron chi connectivity index (χ3n) is 3.75. The Bertz CT molecular complexity index is 429. The van der Waals surface area contributed by atoms with Crippen molar-refractivity contribution in [2.24, 2.45) is 0 Å². The maximum absolute atomic E-state index is 11.9. The van der Waals surface area contributed by atoms with E-state index in [1.165, 1.54) is 25.7 Å². The molecule has 5 nitrogen and oxygen atoms in total. The topological polar surface area (TPSA) is 71.2 Å². The molecule has 3 N–H and O–H groups in total. The molecular weight excluding hydrogens is 240 g/mol. The highest BCUT2D eigenvalue weighted by atomic mass is 16.1. The van der Waals surface area contributed by atoms with E-state index in [2.05, 4.69) is 22.2 Å².